The molecule has 0 amide bonds. The fourth-order valence-electron chi connectivity index (χ4n) is 1.95. The summed E-state index contributed by atoms with van der Waals surface area (Å²) in [6, 6.07) is 13.0. The zero-order valence-electron chi connectivity index (χ0n) is 12.6. The van der Waals surface area contributed by atoms with Gasteiger partial charge in [-0.15, -0.1) is 0 Å². The Bertz CT molecular complexity index is 718. The maximum atomic E-state index is 12.3. The lowest BCUT2D eigenvalue weighted by Gasteiger charge is -2.17. The van der Waals surface area contributed by atoms with Crippen molar-refractivity contribution in [1.29, 1.82) is 0 Å². The van der Waals surface area contributed by atoms with E-state index in [1.807, 2.05) is 30.3 Å². The first kappa shape index (κ1) is 16.3. The van der Waals surface area contributed by atoms with Gasteiger partial charge in [-0.2, -0.15) is 11.8 Å². The van der Waals surface area contributed by atoms with Gasteiger partial charge in [-0.1, -0.05) is 51.1 Å². The van der Waals surface area contributed by atoms with E-state index < -0.39 is 10.0 Å². The van der Waals surface area contributed by atoms with Crippen LogP contribution in [0.4, 0.5) is 0 Å². The highest BCUT2D eigenvalue weighted by Crippen LogP contribution is 2.22. The smallest absolute Gasteiger partial charge is 0.210 e. The van der Waals surface area contributed by atoms with Crippen molar-refractivity contribution in [3.63, 3.8) is 0 Å². The maximum Gasteiger partial charge on any atom is 0.240 e. The van der Waals surface area contributed by atoms with E-state index in [4.69, 9.17) is 0 Å². The van der Waals surface area contributed by atoms with Crippen molar-refractivity contribution < 1.29 is 8.42 Å². The van der Waals surface area contributed by atoms with Gasteiger partial charge in [-0.05, 0) is 22.9 Å². The molecule has 114 valence electrons. The third-order valence-corrected chi connectivity index (χ3v) is 5.69. The van der Waals surface area contributed by atoms with E-state index in [2.05, 4.69) is 25.5 Å². The van der Waals surface area contributed by atoms with E-state index in [9.17, 15) is 8.42 Å². The maximum absolute atomic E-state index is 12.3. The molecule has 2 aromatic rings. The van der Waals surface area contributed by atoms with Gasteiger partial charge in [-0.3, -0.25) is 0 Å². The van der Waals surface area contributed by atoms with Gasteiger partial charge >= 0.3 is 0 Å². The van der Waals surface area contributed by atoms with Gasteiger partial charge in [-0.25, -0.2) is 13.1 Å². The molecular weight excluding hydrogens is 302 g/mol. The average Bonchev–Trinajstić information content (AvgIpc) is 2.42. The van der Waals surface area contributed by atoms with Gasteiger partial charge < -0.3 is 0 Å². The molecule has 0 radical (unpaired) electrons. The van der Waals surface area contributed by atoms with Gasteiger partial charge in [0.15, 0.2) is 0 Å². The standard InChI is InChI=1S/C16H21NO2S2/c1-16(2,3)20-11-10-17-21(18,19)15-9-8-13-6-4-5-7-14(13)12-15/h4-9,12,17H,10-11H2,1-3H3. The Morgan fingerprint density at radius 1 is 1.05 bits per heavy atom. The normalized spacial score (nSPS) is 12.7. The number of sulfonamides is 1. The Kier molecular flexibility index (Phi) is 4.96. The second kappa shape index (κ2) is 6.38. The summed E-state index contributed by atoms with van der Waals surface area (Å²) < 4.78 is 27.4. The zero-order valence-corrected chi connectivity index (χ0v) is 14.2. The van der Waals surface area contributed by atoms with Crippen LogP contribution < -0.4 is 4.72 Å². The zero-order chi connectivity index (χ0) is 15.5. The number of thioether (sulfide) groups is 1. The van der Waals surface area contributed by atoms with Gasteiger partial charge in [0.2, 0.25) is 10.0 Å². The lowest BCUT2D eigenvalue weighted by molar-refractivity contribution is 0.584. The van der Waals surface area contributed by atoms with Gasteiger partial charge in [0, 0.05) is 17.0 Å². The van der Waals surface area contributed by atoms with E-state index in [0.717, 1.165) is 16.5 Å². The van der Waals surface area contributed by atoms with Crippen LogP contribution in [-0.2, 0) is 10.0 Å². The minimum absolute atomic E-state index is 0.147. The summed E-state index contributed by atoms with van der Waals surface area (Å²) in [5.74, 6) is 0.760. The van der Waals surface area contributed by atoms with Crippen LogP contribution >= 0.6 is 11.8 Å². The molecule has 0 aliphatic carbocycles. The molecule has 0 aliphatic heterocycles. The molecule has 0 aromatic heterocycles. The Labute approximate surface area is 131 Å². The Balaban J connectivity index is 2.07. The lowest BCUT2D eigenvalue weighted by atomic mass is 10.1. The van der Waals surface area contributed by atoms with Crippen LogP contribution in [0.1, 0.15) is 20.8 Å². The Hall–Kier alpha value is -1.04. The average molecular weight is 323 g/mol. The van der Waals surface area contributed by atoms with E-state index in [1.165, 1.54) is 0 Å². The molecule has 0 fully saturated rings. The van der Waals surface area contributed by atoms with Crippen molar-refractivity contribution in [3.8, 4) is 0 Å². The molecule has 0 aliphatic rings. The molecule has 0 unspecified atom stereocenters. The van der Waals surface area contributed by atoms with Gasteiger partial charge in [0.05, 0.1) is 4.90 Å². The summed E-state index contributed by atoms with van der Waals surface area (Å²) in [4.78, 5) is 0.321. The molecule has 1 N–H and O–H groups in total. The van der Waals surface area contributed by atoms with Crippen molar-refractivity contribution >= 4 is 32.6 Å². The van der Waals surface area contributed by atoms with Crippen molar-refractivity contribution in [3.05, 3.63) is 42.5 Å². The summed E-state index contributed by atoms with van der Waals surface area (Å²) in [5, 5.41) is 1.98. The molecule has 3 nitrogen and oxygen atoms in total. The van der Waals surface area contributed by atoms with Crippen LogP contribution in [0.5, 0.6) is 0 Å². The fourth-order valence-corrected chi connectivity index (χ4v) is 3.96. The second-order valence-electron chi connectivity index (χ2n) is 5.87. The lowest BCUT2D eigenvalue weighted by Crippen LogP contribution is -2.27. The third-order valence-electron chi connectivity index (χ3n) is 2.96. The number of hydrogen-bond donors (Lipinski definition) is 1. The minimum Gasteiger partial charge on any atom is -0.210 e. The van der Waals surface area contributed by atoms with Crippen LogP contribution in [-0.4, -0.2) is 25.5 Å². The van der Waals surface area contributed by atoms with Crippen molar-refractivity contribution in [2.45, 2.75) is 30.4 Å². The minimum atomic E-state index is -3.43. The molecule has 0 atom stereocenters. The molecular formula is C16H21NO2S2. The Morgan fingerprint density at radius 3 is 2.38 bits per heavy atom. The molecule has 21 heavy (non-hydrogen) atoms. The highest BCUT2D eigenvalue weighted by atomic mass is 32.2. The molecule has 0 spiro atoms. The predicted octanol–water partition coefficient (Wildman–Crippen LogP) is 3.65. The van der Waals surface area contributed by atoms with Crippen molar-refractivity contribution in [1.82, 2.24) is 4.72 Å². The summed E-state index contributed by atoms with van der Waals surface area (Å²) in [5.41, 5.74) is 0. The highest BCUT2D eigenvalue weighted by molar-refractivity contribution is 8.00. The summed E-state index contributed by atoms with van der Waals surface area (Å²) in [6.45, 7) is 6.80. The van der Waals surface area contributed by atoms with Crippen LogP contribution in [0, 0.1) is 0 Å². The first-order valence-corrected chi connectivity index (χ1v) is 9.37. The third kappa shape index (κ3) is 4.73. The molecule has 2 rings (SSSR count). The number of fused-ring (bicyclic) bond motifs is 1. The largest absolute Gasteiger partial charge is 0.240 e. The highest BCUT2D eigenvalue weighted by Gasteiger charge is 2.15. The van der Waals surface area contributed by atoms with Crippen molar-refractivity contribution in [2.24, 2.45) is 0 Å². The quantitative estimate of drug-likeness (QED) is 0.854. The molecule has 0 saturated carbocycles. The molecule has 0 heterocycles. The molecule has 0 saturated heterocycles. The molecule has 2 aromatic carbocycles. The molecule has 5 heteroatoms. The topological polar surface area (TPSA) is 46.2 Å². The number of nitrogens with one attached hydrogen (secondary N) is 1. The second-order valence-corrected chi connectivity index (χ2v) is 9.56. The van der Waals surface area contributed by atoms with Crippen LogP contribution in [0.25, 0.3) is 10.8 Å². The first-order valence-electron chi connectivity index (χ1n) is 6.90. The van der Waals surface area contributed by atoms with Gasteiger partial charge in [0.25, 0.3) is 0 Å². The monoisotopic (exact) mass is 323 g/mol. The SMILES string of the molecule is CC(C)(C)SCCNS(=O)(=O)c1ccc2ccccc2c1. The van der Waals surface area contributed by atoms with E-state index >= 15 is 0 Å². The van der Waals surface area contributed by atoms with Crippen molar-refractivity contribution in [2.75, 3.05) is 12.3 Å². The predicted molar refractivity (Wildman–Crippen MR) is 91.3 cm³/mol. The van der Waals surface area contributed by atoms with E-state index in [-0.39, 0.29) is 4.75 Å². The van der Waals surface area contributed by atoms with Crippen LogP contribution in [0.2, 0.25) is 0 Å². The first-order chi connectivity index (χ1) is 9.78. The number of benzene rings is 2. The number of rotatable bonds is 5. The Morgan fingerprint density at radius 2 is 1.71 bits per heavy atom. The number of hydrogen-bond acceptors (Lipinski definition) is 3. The summed E-state index contributed by atoms with van der Waals surface area (Å²) in [7, 11) is -3.43. The summed E-state index contributed by atoms with van der Waals surface area (Å²) >= 11 is 1.75. The van der Waals surface area contributed by atoms with Crippen LogP contribution in [0.15, 0.2) is 47.4 Å². The van der Waals surface area contributed by atoms with Gasteiger partial charge in [0.1, 0.15) is 0 Å². The fraction of sp³-hybridized carbons (Fsp3) is 0.375. The summed E-state index contributed by atoms with van der Waals surface area (Å²) in [6.07, 6.45) is 0. The van der Waals surface area contributed by atoms with E-state index in [0.29, 0.717) is 11.4 Å². The van der Waals surface area contributed by atoms with Crippen LogP contribution in [0.3, 0.4) is 0 Å². The van der Waals surface area contributed by atoms with E-state index in [1.54, 1.807) is 23.9 Å². The molecule has 0 bridgehead atoms.